The van der Waals surface area contributed by atoms with Crippen LogP contribution in [-0.2, 0) is 10.0 Å². The lowest BCUT2D eigenvalue weighted by Crippen LogP contribution is -2.48. The minimum absolute atomic E-state index is 0.0502. The van der Waals surface area contributed by atoms with Crippen LogP contribution in [0.3, 0.4) is 0 Å². The lowest BCUT2D eigenvalue weighted by Gasteiger charge is -2.33. The lowest BCUT2D eigenvalue weighted by atomic mass is 10.2. The molecule has 1 aliphatic heterocycles. The maximum Gasteiger partial charge on any atom is 0.230 e. The fraction of sp³-hybridized carbons (Fsp3) is 0.400. The summed E-state index contributed by atoms with van der Waals surface area (Å²) in [6.45, 7) is 5.38. The number of ether oxygens (including phenoxy) is 3. The van der Waals surface area contributed by atoms with E-state index in [-0.39, 0.29) is 11.6 Å². The molecule has 0 bridgehead atoms. The second kappa shape index (κ2) is 10.7. The summed E-state index contributed by atoms with van der Waals surface area (Å²) < 4.78 is 57.4. The Morgan fingerprint density at radius 3 is 2.55 bits per heavy atom. The van der Waals surface area contributed by atoms with E-state index in [1.165, 1.54) is 23.1 Å². The summed E-state index contributed by atoms with van der Waals surface area (Å²) in [6.07, 6.45) is 4.63. The molecule has 1 N–H and O–H groups in total. The van der Waals surface area contributed by atoms with Crippen LogP contribution in [-0.4, -0.2) is 90.3 Å². The van der Waals surface area contributed by atoms with Crippen LogP contribution in [0.1, 0.15) is 12.1 Å². The van der Waals surface area contributed by atoms with Gasteiger partial charge in [-0.1, -0.05) is 0 Å². The van der Waals surface area contributed by atoms with Gasteiger partial charge in [-0.3, -0.25) is 0 Å². The summed E-state index contributed by atoms with van der Waals surface area (Å²) in [5.74, 6) is 0.565. The molecule has 0 spiro atoms. The number of sulfonamides is 1. The number of benzene rings is 1. The van der Waals surface area contributed by atoms with Crippen LogP contribution in [0.4, 0.5) is 4.39 Å². The highest BCUT2D eigenvalue weighted by molar-refractivity contribution is 7.88. The van der Waals surface area contributed by atoms with Crippen molar-refractivity contribution in [3.63, 3.8) is 0 Å². The monoisotopic (exact) mass is 544 g/mol. The number of fused-ring (bicyclic) bond motifs is 2. The second-order valence-electron chi connectivity index (χ2n) is 9.16. The van der Waals surface area contributed by atoms with E-state index in [4.69, 9.17) is 14.2 Å². The molecule has 3 aromatic heterocycles. The van der Waals surface area contributed by atoms with Crippen LogP contribution < -0.4 is 14.2 Å². The first-order chi connectivity index (χ1) is 18.2. The fourth-order valence-corrected chi connectivity index (χ4v) is 5.31. The number of aromatic amines is 1. The SMILES string of the molecule is COc1cc2ncnc(Oc3cnc4[nH]c(C)cc4c3F)c2cc1OCCCN1CCN(S(C)(=O)=O)CC1. The molecule has 202 valence electrons. The molecule has 0 unspecified atom stereocenters. The van der Waals surface area contributed by atoms with E-state index >= 15 is 4.39 Å². The van der Waals surface area contributed by atoms with Crippen molar-refractivity contribution < 1.29 is 27.0 Å². The maximum absolute atomic E-state index is 15.1. The standard InChI is InChI=1S/C25H29FN6O5S/c1-16-11-18-23(26)22(14-27-24(18)30-16)37-25-17-12-21(20(35-2)13-19(17)28-15-29-25)36-10-4-5-31-6-8-32(9-7-31)38(3,33)34/h11-15H,4-10H2,1-3H3,(H,27,30). The minimum Gasteiger partial charge on any atom is -0.493 e. The van der Waals surface area contributed by atoms with Crippen molar-refractivity contribution in [3.8, 4) is 23.1 Å². The van der Waals surface area contributed by atoms with E-state index < -0.39 is 15.8 Å². The highest BCUT2D eigenvalue weighted by Crippen LogP contribution is 2.37. The van der Waals surface area contributed by atoms with Crippen molar-refractivity contribution in [3.05, 3.63) is 42.2 Å². The summed E-state index contributed by atoms with van der Waals surface area (Å²) in [7, 11) is -1.60. The number of aryl methyl sites for hydroxylation is 1. The van der Waals surface area contributed by atoms with Crippen LogP contribution in [0.5, 0.6) is 23.1 Å². The van der Waals surface area contributed by atoms with Crippen LogP contribution in [0, 0.1) is 12.7 Å². The summed E-state index contributed by atoms with van der Waals surface area (Å²) in [5, 5.41) is 0.867. The molecule has 13 heteroatoms. The van der Waals surface area contributed by atoms with Gasteiger partial charge in [-0.2, -0.15) is 4.31 Å². The number of pyridine rings is 1. The van der Waals surface area contributed by atoms with Crippen molar-refractivity contribution in [2.24, 2.45) is 0 Å². The van der Waals surface area contributed by atoms with Crippen LogP contribution in [0.25, 0.3) is 21.9 Å². The Morgan fingerprint density at radius 2 is 1.82 bits per heavy atom. The largest absolute Gasteiger partial charge is 0.493 e. The molecule has 1 saturated heterocycles. The summed E-state index contributed by atoms with van der Waals surface area (Å²) in [6, 6.07) is 5.11. The zero-order valence-electron chi connectivity index (χ0n) is 21.4. The minimum atomic E-state index is -3.15. The zero-order valence-corrected chi connectivity index (χ0v) is 22.2. The molecule has 1 aliphatic rings. The number of aromatic nitrogens is 4. The molecule has 0 atom stereocenters. The van der Waals surface area contributed by atoms with Gasteiger partial charge < -0.3 is 24.1 Å². The number of nitrogens with one attached hydrogen (secondary N) is 1. The summed E-state index contributed by atoms with van der Waals surface area (Å²) >= 11 is 0. The van der Waals surface area contributed by atoms with Gasteiger partial charge in [0.05, 0.1) is 42.5 Å². The van der Waals surface area contributed by atoms with Crippen molar-refractivity contribution in [1.29, 1.82) is 0 Å². The highest BCUT2D eigenvalue weighted by atomic mass is 32.2. The first-order valence-corrected chi connectivity index (χ1v) is 14.0. The number of hydrogen-bond acceptors (Lipinski definition) is 9. The average molecular weight is 545 g/mol. The summed E-state index contributed by atoms with van der Waals surface area (Å²) in [5.41, 5.74) is 1.79. The van der Waals surface area contributed by atoms with E-state index in [0.717, 1.165) is 18.7 Å². The fourth-order valence-electron chi connectivity index (χ4n) is 4.48. The molecule has 4 aromatic rings. The van der Waals surface area contributed by atoms with Gasteiger partial charge in [-0.05, 0) is 25.5 Å². The third-order valence-corrected chi connectivity index (χ3v) is 7.77. The Hall–Kier alpha value is -3.55. The van der Waals surface area contributed by atoms with Crippen LogP contribution >= 0.6 is 0 Å². The molecule has 5 rings (SSSR count). The van der Waals surface area contributed by atoms with Gasteiger partial charge in [-0.25, -0.2) is 27.8 Å². The molecule has 1 aromatic carbocycles. The van der Waals surface area contributed by atoms with Crippen molar-refractivity contribution >= 4 is 32.0 Å². The van der Waals surface area contributed by atoms with E-state index in [2.05, 4.69) is 24.8 Å². The second-order valence-corrected chi connectivity index (χ2v) is 11.1. The number of H-pyrrole nitrogens is 1. The van der Waals surface area contributed by atoms with Gasteiger partial charge in [0.2, 0.25) is 15.9 Å². The predicted molar refractivity (Wildman–Crippen MR) is 140 cm³/mol. The van der Waals surface area contributed by atoms with E-state index in [0.29, 0.717) is 66.2 Å². The third kappa shape index (κ3) is 5.49. The first kappa shape index (κ1) is 26.1. The normalized spacial score (nSPS) is 15.3. The topological polar surface area (TPSA) is 123 Å². The van der Waals surface area contributed by atoms with Gasteiger partial charge in [0.1, 0.15) is 12.0 Å². The molecular weight excluding hydrogens is 515 g/mol. The van der Waals surface area contributed by atoms with Crippen molar-refractivity contribution in [2.75, 3.05) is 52.7 Å². The lowest BCUT2D eigenvalue weighted by molar-refractivity contribution is 0.174. The van der Waals surface area contributed by atoms with Crippen LogP contribution in [0.15, 0.2) is 30.7 Å². The molecule has 0 saturated carbocycles. The maximum atomic E-state index is 15.1. The molecule has 0 aliphatic carbocycles. The quantitative estimate of drug-likeness (QED) is 0.317. The Morgan fingerprint density at radius 1 is 1.03 bits per heavy atom. The number of hydrogen-bond donors (Lipinski definition) is 1. The summed E-state index contributed by atoms with van der Waals surface area (Å²) in [4.78, 5) is 18.0. The van der Waals surface area contributed by atoms with Crippen LogP contribution in [0.2, 0.25) is 0 Å². The number of methoxy groups -OCH3 is 1. The van der Waals surface area contributed by atoms with Gasteiger partial charge in [-0.15, -0.1) is 0 Å². The van der Waals surface area contributed by atoms with Crippen molar-refractivity contribution in [1.82, 2.24) is 29.1 Å². The molecule has 1 fully saturated rings. The van der Waals surface area contributed by atoms with Gasteiger partial charge in [0, 0.05) is 44.5 Å². The zero-order chi connectivity index (χ0) is 26.9. The molecule has 0 radical (unpaired) electrons. The Kier molecular flexibility index (Phi) is 7.32. The Labute approximate surface area is 219 Å². The van der Waals surface area contributed by atoms with E-state index in [9.17, 15) is 8.42 Å². The van der Waals surface area contributed by atoms with Crippen molar-refractivity contribution in [2.45, 2.75) is 13.3 Å². The first-order valence-electron chi connectivity index (χ1n) is 12.2. The third-order valence-electron chi connectivity index (χ3n) is 6.46. The molecule has 11 nitrogen and oxygen atoms in total. The highest BCUT2D eigenvalue weighted by Gasteiger charge is 2.23. The number of piperazine rings is 1. The molecule has 0 amide bonds. The average Bonchev–Trinajstić information content (AvgIpc) is 3.29. The number of rotatable bonds is 9. The van der Waals surface area contributed by atoms with Gasteiger partial charge in [0.15, 0.2) is 23.1 Å². The predicted octanol–water partition coefficient (Wildman–Crippen LogP) is 3.10. The number of nitrogens with zero attached hydrogens (tertiary/aromatic N) is 5. The van der Waals surface area contributed by atoms with E-state index in [1.54, 1.807) is 25.3 Å². The Bertz CT molecular complexity index is 1570. The molecule has 38 heavy (non-hydrogen) atoms. The molecular formula is C25H29FN6O5S. The Balaban J connectivity index is 1.29. The number of halogens is 1. The van der Waals surface area contributed by atoms with Gasteiger partial charge >= 0.3 is 0 Å². The van der Waals surface area contributed by atoms with Gasteiger partial charge in [0.25, 0.3) is 0 Å². The molecule has 4 heterocycles. The smallest absolute Gasteiger partial charge is 0.230 e. The van der Waals surface area contributed by atoms with E-state index in [1.807, 2.05) is 6.92 Å².